The molecule has 0 N–H and O–H groups in total. The van der Waals surface area contributed by atoms with Gasteiger partial charge in [0.1, 0.15) is 11.6 Å². The lowest BCUT2D eigenvalue weighted by molar-refractivity contribution is 0.177. The van der Waals surface area contributed by atoms with Gasteiger partial charge in [-0.1, -0.05) is 30.3 Å². The molecule has 0 aliphatic carbocycles. The summed E-state index contributed by atoms with van der Waals surface area (Å²) < 4.78 is 27.0. The molecule has 23 heavy (non-hydrogen) atoms. The lowest BCUT2D eigenvalue weighted by Gasteiger charge is -2.37. The molecule has 2 aromatic carbocycles. The molecule has 1 aliphatic heterocycles. The Morgan fingerprint density at radius 2 is 1.74 bits per heavy atom. The van der Waals surface area contributed by atoms with Gasteiger partial charge in [-0.3, -0.25) is 4.90 Å². The Labute approximate surface area is 135 Å². The fraction of sp³-hybridized carbons (Fsp3) is 0.316. The van der Waals surface area contributed by atoms with Gasteiger partial charge in [0.05, 0.1) is 11.5 Å². The zero-order valence-electron chi connectivity index (χ0n) is 12.8. The van der Waals surface area contributed by atoms with Crippen molar-refractivity contribution >= 4 is 0 Å². The topological polar surface area (TPSA) is 27.0 Å². The van der Waals surface area contributed by atoms with E-state index >= 15 is 0 Å². The second-order valence-corrected chi connectivity index (χ2v) is 6.07. The fourth-order valence-electron chi connectivity index (χ4n) is 3.22. The summed E-state index contributed by atoms with van der Waals surface area (Å²) in [6.45, 7) is 1.76. The number of halogens is 2. The average molecular weight is 312 g/mol. The molecule has 0 amide bonds. The minimum absolute atomic E-state index is 0.370. The molecular formula is C19H18F2N2. The Morgan fingerprint density at radius 3 is 2.39 bits per heavy atom. The number of hydrogen-bond acceptors (Lipinski definition) is 2. The van der Waals surface area contributed by atoms with E-state index in [0.717, 1.165) is 17.7 Å². The number of rotatable bonds is 3. The molecule has 1 fully saturated rings. The fourth-order valence-corrected chi connectivity index (χ4v) is 3.22. The highest BCUT2D eigenvalue weighted by molar-refractivity contribution is 5.33. The number of hydrogen-bond donors (Lipinski definition) is 0. The van der Waals surface area contributed by atoms with Crippen LogP contribution in [-0.4, -0.2) is 18.0 Å². The molecule has 0 unspecified atom stereocenters. The number of nitrogens with zero attached hydrogens (tertiary/aromatic N) is 2. The molecule has 0 radical (unpaired) electrons. The standard InChI is InChI=1S/C19H18F2N2/c20-17-6-7-18(21)15(12-17)13-23-10-8-19(14-22,9-11-23)16-4-2-1-3-5-16/h1-7,12H,8-11,13H2. The van der Waals surface area contributed by atoms with E-state index in [4.69, 9.17) is 0 Å². The minimum Gasteiger partial charge on any atom is -0.299 e. The van der Waals surface area contributed by atoms with Crippen molar-refractivity contribution in [3.8, 4) is 6.07 Å². The van der Waals surface area contributed by atoms with Crippen LogP contribution in [0.1, 0.15) is 24.0 Å². The highest BCUT2D eigenvalue weighted by Crippen LogP contribution is 2.35. The highest BCUT2D eigenvalue weighted by atomic mass is 19.1. The van der Waals surface area contributed by atoms with Gasteiger partial charge in [-0.05, 0) is 36.6 Å². The maximum absolute atomic E-state index is 13.8. The summed E-state index contributed by atoms with van der Waals surface area (Å²) in [5, 5.41) is 9.67. The Hall–Kier alpha value is -2.25. The summed E-state index contributed by atoms with van der Waals surface area (Å²) in [6.07, 6.45) is 1.40. The first-order valence-electron chi connectivity index (χ1n) is 7.76. The lowest BCUT2D eigenvalue weighted by Crippen LogP contribution is -2.41. The van der Waals surface area contributed by atoms with Gasteiger partial charge in [0, 0.05) is 25.2 Å². The van der Waals surface area contributed by atoms with Crippen molar-refractivity contribution in [3.05, 3.63) is 71.3 Å². The Kier molecular flexibility index (Phi) is 4.40. The van der Waals surface area contributed by atoms with E-state index in [1.54, 1.807) is 0 Å². The monoisotopic (exact) mass is 312 g/mol. The molecular weight excluding hydrogens is 294 g/mol. The molecule has 0 saturated carbocycles. The molecule has 2 aromatic rings. The van der Waals surface area contributed by atoms with Gasteiger partial charge < -0.3 is 0 Å². The Balaban J connectivity index is 1.71. The van der Waals surface area contributed by atoms with Crippen LogP contribution in [0.25, 0.3) is 0 Å². The van der Waals surface area contributed by atoms with E-state index in [1.165, 1.54) is 6.07 Å². The number of piperidine rings is 1. The quantitative estimate of drug-likeness (QED) is 0.856. The largest absolute Gasteiger partial charge is 0.299 e. The minimum atomic E-state index is -0.474. The van der Waals surface area contributed by atoms with Crippen LogP contribution < -0.4 is 0 Å². The van der Waals surface area contributed by atoms with Crippen LogP contribution in [0.4, 0.5) is 8.78 Å². The van der Waals surface area contributed by atoms with Gasteiger partial charge in [-0.25, -0.2) is 8.78 Å². The summed E-state index contributed by atoms with van der Waals surface area (Å²) in [5.74, 6) is -0.805. The zero-order chi connectivity index (χ0) is 16.3. The average Bonchev–Trinajstić information content (AvgIpc) is 2.60. The maximum Gasteiger partial charge on any atom is 0.127 e. The van der Waals surface area contributed by atoms with Gasteiger partial charge in [0.25, 0.3) is 0 Å². The molecule has 1 aliphatic rings. The normalized spacial score (nSPS) is 17.6. The summed E-state index contributed by atoms with van der Waals surface area (Å²) >= 11 is 0. The van der Waals surface area contributed by atoms with Crippen LogP contribution in [-0.2, 0) is 12.0 Å². The van der Waals surface area contributed by atoms with Gasteiger partial charge in [-0.2, -0.15) is 5.26 Å². The van der Waals surface area contributed by atoms with Crippen molar-refractivity contribution in [2.24, 2.45) is 0 Å². The van der Waals surface area contributed by atoms with Crippen LogP contribution >= 0.6 is 0 Å². The van der Waals surface area contributed by atoms with Crippen molar-refractivity contribution in [1.82, 2.24) is 4.90 Å². The van der Waals surface area contributed by atoms with E-state index in [2.05, 4.69) is 11.0 Å². The van der Waals surface area contributed by atoms with E-state index in [1.807, 2.05) is 30.3 Å². The van der Waals surface area contributed by atoms with E-state index in [9.17, 15) is 14.0 Å². The third kappa shape index (κ3) is 3.25. The molecule has 0 aromatic heterocycles. The van der Waals surface area contributed by atoms with Crippen molar-refractivity contribution in [2.75, 3.05) is 13.1 Å². The van der Waals surface area contributed by atoms with Crippen LogP contribution in [0.5, 0.6) is 0 Å². The van der Waals surface area contributed by atoms with E-state index in [-0.39, 0.29) is 5.82 Å². The van der Waals surface area contributed by atoms with Crippen molar-refractivity contribution in [3.63, 3.8) is 0 Å². The van der Waals surface area contributed by atoms with Crippen LogP contribution in [0, 0.1) is 23.0 Å². The highest BCUT2D eigenvalue weighted by Gasteiger charge is 2.36. The molecule has 0 spiro atoms. The predicted molar refractivity (Wildman–Crippen MR) is 84.6 cm³/mol. The van der Waals surface area contributed by atoms with E-state index < -0.39 is 11.2 Å². The first-order chi connectivity index (χ1) is 11.1. The Bertz CT molecular complexity index is 714. The first kappa shape index (κ1) is 15.6. The van der Waals surface area contributed by atoms with Crippen molar-refractivity contribution in [1.29, 1.82) is 5.26 Å². The summed E-state index contributed by atoms with van der Waals surface area (Å²) in [5.41, 5.74) is 0.936. The van der Waals surface area contributed by atoms with Crippen molar-refractivity contribution < 1.29 is 8.78 Å². The molecule has 2 nitrogen and oxygen atoms in total. The number of nitriles is 1. The van der Waals surface area contributed by atoms with Gasteiger partial charge in [-0.15, -0.1) is 0 Å². The molecule has 118 valence electrons. The summed E-state index contributed by atoms with van der Waals surface area (Å²) in [6, 6.07) is 15.8. The number of likely N-dealkylation sites (tertiary alicyclic amines) is 1. The third-order valence-electron chi connectivity index (χ3n) is 4.65. The smallest absolute Gasteiger partial charge is 0.127 e. The summed E-state index contributed by atoms with van der Waals surface area (Å²) in [7, 11) is 0. The van der Waals surface area contributed by atoms with Crippen LogP contribution in [0.15, 0.2) is 48.5 Å². The Morgan fingerprint density at radius 1 is 1.04 bits per heavy atom. The van der Waals surface area contributed by atoms with Crippen LogP contribution in [0.2, 0.25) is 0 Å². The second-order valence-electron chi connectivity index (χ2n) is 6.07. The van der Waals surface area contributed by atoms with Gasteiger partial charge in [0.15, 0.2) is 0 Å². The molecule has 0 atom stereocenters. The summed E-state index contributed by atoms with van der Waals surface area (Å²) in [4.78, 5) is 2.08. The lowest BCUT2D eigenvalue weighted by atomic mass is 9.74. The number of benzene rings is 2. The molecule has 0 bridgehead atoms. The molecule has 3 rings (SSSR count). The molecule has 4 heteroatoms. The molecule has 1 saturated heterocycles. The van der Waals surface area contributed by atoms with Gasteiger partial charge >= 0.3 is 0 Å². The molecule has 1 heterocycles. The SMILES string of the molecule is N#CC1(c2ccccc2)CCN(Cc2cc(F)ccc2F)CC1. The third-order valence-corrected chi connectivity index (χ3v) is 4.65. The zero-order valence-corrected chi connectivity index (χ0v) is 12.8. The second kappa shape index (κ2) is 6.47. The van der Waals surface area contributed by atoms with Gasteiger partial charge in [0.2, 0.25) is 0 Å². The first-order valence-corrected chi connectivity index (χ1v) is 7.76. The van der Waals surface area contributed by atoms with E-state index in [0.29, 0.717) is 38.0 Å². The predicted octanol–water partition coefficient (Wildman–Crippen LogP) is 4.02. The van der Waals surface area contributed by atoms with Crippen molar-refractivity contribution in [2.45, 2.75) is 24.8 Å². The maximum atomic E-state index is 13.8. The van der Waals surface area contributed by atoms with Crippen LogP contribution in [0.3, 0.4) is 0 Å².